The highest BCUT2D eigenvalue weighted by Crippen LogP contribution is 2.08. The Bertz CT molecular complexity index is 840. The van der Waals surface area contributed by atoms with E-state index in [0.29, 0.717) is 12.2 Å². The lowest BCUT2D eigenvalue weighted by molar-refractivity contribution is 0.0947. The second-order valence-corrected chi connectivity index (χ2v) is 5.50. The van der Waals surface area contributed by atoms with Crippen LogP contribution in [-0.4, -0.2) is 32.2 Å². The number of nitrogens with one attached hydrogen (secondary N) is 1. The summed E-state index contributed by atoms with van der Waals surface area (Å²) in [5.41, 5.74) is 4.00. The maximum Gasteiger partial charge on any atom is 0.271 e. The molecule has 0 fully saturated rings. The van der Waals surface area contributed by atoms with E-state index in [1.165, 1.54) is 6.20 Å². The van der Waals surface area contributed by atoms with Crippen LogP contribution in [0.3, 0.4) is 0 Å². The Hall–Kier alpha value is -2.76. The highest BCUT2D eigenvalue weighted by molar-refractivity contribution is 5.93. The number of amides is 1. The number of fused-ring (bicyclic) bond motifs is 1. The first-order chi connectivity index (χ1) is 11.1. The maximum absolute atomic E-state index is 12.1. The van der Waals surface area contributed by atoms with Crippen LogP contribution in [0.5, 0.6) is 0 Å². The van der Waals surface area contributed by atoms with Gasteiger partial charge in [-0.3, -0.25) is 14.5 Å². The molecule has 0 saturated carbocycles. The predicted molar refractivity (Wildman–Crippen MR) is 88.2 cm³/mol. The summed E-state index contributed by atoms with van der Waals surface area (Å²) in [6.07, 6.45) is 2.33. The molecule has 0 spiro atoms. The summed E-state index contributed by atoms with van der Waals surface area (Å²) in [6.45, 7) is 5.36. The molecule has 1 N–H and O–H groups in total. The van der Waals surface area contributed by atoms with Gasteiger partial charge in [0.1, 0.15) is 5.69 Å². The lowest BCUT2D eigenvalue weighted by Gasteiger charge is -2.06. The number of benzene rings is 1. The number of carbonyl (C=O) groups is 1. The summed E-state index contributed by atoms with van der Waals surface area (Å²) in [4.78, 5) is 20.7. The van der Waals surface area contributed by atoms with Gasteiger partial charge in [0.2, 0.25) is 0 Å². The maximum atomic E-state index is 12.1. The van der Waals surface area contributed by atoms with Crippen molar-refractivity contribution < 1.29 is 4.79 Å². The number of para-hydroxylation sites is 2. The van der Waals surface area contributed by atoms with Crippen LogP contribution in [0, 0.1) is 13.8 Å². The second-order valence-electron chi connectivity index (χ2n) is 5.50. The quantitative estimate of drug-likeness (QED) is 0.734. The number of carbonyl (C=O) groups excluding carboxylic acids is 1. The number of aromatic nitrogens is 4. The highest BCUT2D eigenvalue weighted by atomic mass is 16.1. The molecular weight excluding hydrogens is 290 g/mol. The number of nitrogens with zero attached hydrogens (tertiary/aromatic N) is 4. The first-order valence-corrected chi connectivity index (χ1v) is 7.64. The lowest BCUT2D eigenvalue weighted by atomic mass is 10.3. The fourth-order valence-corrected chi connectivity index (χ4v) is 2.49. The van der Waals surface area contributed by atoms with Crippen LogP contribution in [0.4, 0.5) is 0 Å². The van der Waals surface area contributed by atoms with Gasteiger partial charge in [-0.05, 0) is 38.5 Å². The lowest BCUT2D eigenvalue weighted by Crippen LogP contribution is -2.26. The van der Waals surface area contributed by atoms with Crippen LogP contribution in [0.1, 0.15) is 28.3 Å². The molecule has 23 heavy (non-hydrogen) atoms. The Morgan fingerprint density at radius 1 is 1.22 bits per heavy atom. The summed E-state index contributed by atoms with van der Waals surface area (Å²) < 4.78 is 1.96. The van der Waals surface area contributed by atoms with E-state index in [4.69, 9.17) is 0 Å². The van der Waals surface area contributed by atoms with Gasteiger partial charge in [-0.2, -0.15) is 5.10 Å². The molecule has 0 bridgehead atoms. The van der Waals surface area contributed by atoms with E-state index < -0.39 is 0 Å². The molecule has 0 aliphatic rings. The Morgan fingerprint density at radius 3 is 2.74 bits per heavy atom. The van der Waals surface area contributed by atoms with Gasteiger partial charge >= 0.3 is 0 Å². The van der Waals surface area contributed by atoms with Crippen LogP contribution in [0.15, 0.2) is 36.5 Å². The molecule has 0 aliphatic heterocycles. The number of rotatable bonds is 5. The van der Waals surface area contributed by atoms with Crippen molar-refractivity contribution in [2.75, 3.05) is 6.54 Å². The van der Waals surface area contributed by atoms with Gasteiger partial charge in [-0.15, -0.1) is 0 Å². The van der Waals surface area contributed by atoms with E-state index in [9.17, 15) is 4.79 Å². The van der Waals surface area contributed by atoms with E-state index in [1.54, 1.807) is 0 Å². The van der Waals surface area contributed by atoms with Crippen LogP contribution >= 0.6 is 0 Å². The van der Waals surface area contributed by atoms with Crippen molar-refractivity contribution in [3.8, 4) is 0 Å². The minimum absolute atomic E-state index is 0.198. The Balaban J connectivity index is 1.55. The van der Waals surface area contributed by atoms with Gasteiger partial charge in [0.25, 0.3) is 5.91 Å². The number of hydrogen-bond donors (Lipinski definition) is 1. The molecule has 0 atom stereocenters. The zero-order chi connectivity index (χ0) is 16.2. The first kappa shape index (κ1) is 15.1. The third-order valence-electron chi connectivity index (χ3n) is 3.62. The van der Waals surface area contributed by atoms with Crippen molar-refractivity contribution >= 4 is 16.9 Å². The minimum Gasteiger partial charge on any atom is -0.351 e. The van der Waals surface area contributed by atoms with Crippen molar-refractivity contribution in [2.45, 2.75) is 26.8 Å². The zero-order valence-corrected chi connectivity index (χ0v) is 13.3. The first-order valence-electron chi connectivity index (χ1n) is 7.64. The van der Waals surface area contributed by atoms with Crippen LogP contribution in [-0.2, 0) is 6.54 Å². The third kappa shape index (κ3) is 3.53. The molecule has 2 aromatic heterocycles. The van der Waals surface area contributed by atoms with E-state index >= 15 is 0 Å². The summed E-state index contributed by atoms with van der Waals surface area (Å²) in [5, 5.41) is 7.28. The molecule has 0 unspecified atom stereocenters. The van der Waals surface area contributed by atoms with Gasteiger partial charge < -0.3 is 5.32 Å². The standard InChI is InChI=1S/C17H19N5O/c1-12-10-13(2)22(21-12)9-5-8-18-17(23)16-11-19-14-6-3-4-7-15(14)20-16/h3-4,6-7,10-11H,5,8-9H2,1-2H3,(H,18,23). The summed E-state index contributed by atoms with van der Waals surface area (Å²) >= 11 is 0. The van der Waals surface area contributed by atoms with Gasteiger partial charge in [-0.1, -0.05) is 12.1 Å². The molecule has 0 saturated heterocycles. The Morgan fingerprint density at radius 2 is 2.00 bits per heavy atom. The topological polar surface area (TPSA) is 72.7 Å². The molecule has 6 heteroatoms. The molecule has 118 valence electrons. The van der Waals surface area contributed by atoms with E-state index in [2.05, 4.69) is 20.4 Å². The molecule has 3 rings (SSSR count). The van der Waals surface area contributed by atoms with Gasteiger partial charge in [0, 0.05) is 18.8 Å². The van der Waals surface area contributed by atoms with Crippen molar-refractivity contribution in [3.05, 3.63) is 53.6 Å². The van der Waals surface area contributed by atoms with Crippen LogP contribution in [0.2, 0.25) is 0 Å². The number of aryl methyl sites for hydroxylation is 3. The van der Waals surface area contributed by atoms with Crippen molar-refractivity contribution in [1.29, 1.82) is 0 Å². The average molecular weight is 309 g/mol. The second kappa shape index (κ2) is 6.56. The van der Waals surface area contributed by atoms with Crippen LogP contribution < -0.4 is 5.32 Å². The Kier molecular flexibility index (Phi) is 4.32. The average Bonchev–Trinajstić information content (AvgIpc) is 2.88. The third-order valence-corrected chi connectivity index (χ3v) is 3.62. The van der Waals surface area contributed by atoms with E-state index in [-0.39, 0.29) is 5.91 Å². The number of hydrogen-bond acceptors (Lipinski definition) is 4. The van der Waals surface area contributed by atoms with Crippen molar-refractivity contribution in [1.82, 2.24) is 25.1 Å². The predicted octanol–water partition coefficient (Wildman–Crippen LogP) is 2.26. The SMILES string of the molecule is Cc1cc(C)n(CCCNC(=O)c2cnc3ccccc3n2)n1. The van der Waals surface area contributed by atoms with E-state index in [0.717, 1.165) is 35.4 Å². The minimum atomic E-state index is -0.198. The van der Waals surface area contributed by atoms with Gasteiger partial charge in [0.05, 0.1) is 22.9 Å². The molecule has 0 aliphatic carbocycles. The van der Waals surface area contributed by atoms with Crippen LogP contribution in [0.25, 0.3) is 11.0 Å². The molecule has 1 amide bonds. The van der Waals surface area contributed by atoms with Gasteiger partial charge in [0.15, 0.2) is 0 Å². The molecule has 2 heterocycles. The normalized spacial score (nSPS) is 10.9. The largest absolute Gasteiger partial charge is 0.351 e. The summed E-state index contributed by atoms with van der Waals surface area (Å²) in [6, 6.07) is 9.55. The summed E-state index contributed by atoms with van der Waals surface area (Å²) in [5.74, 6) is -0.198. The van der Waals surface area contributed by atoms with Gasteiger partial charge in [-0.25, -0.2) is 4.98 Å². The van der Waals surface area contributed by atoms with Crippen molar-refractivity contribution in [2.24, 2.45) is 0 Å². The van der Waals surface area contributed by atoms with E-state index in [1.807, 2.05) is 48.9 Å². The molecule has 6 nitrogen and oxygen atoms in total. The molecular formula is C17H19N5O. The van der Waals surface area contributed by atoms with Crippen molar-refractivity contribution in [3.63, 3.8) is 0 Å². The summed E-state index contributed by atoms with van der Waals surface area (Å²) in [7, 11) is 0. The molecule has 3 aromatic rings. The Labute approximate surface area is 134 Å². The highest BCUT2D eigenvalue weighted by Gasteiger charge is 2.08. The fourth-order valence-electron chi connectivity index (χ4n) is 2.49. The fraction of sp³-hybridized carbons (Fsp3) is 0.294. The zero-order valence-electron chi connectivity index (χ0n) is 13.3. The molecule has 1 aromatic carbocycles. The monoisotopic (exact) mass is 309 g/mol. The smallest absolute Gasteiger partial charge is 0.271 e. The molecule has 0 radical (unpaired) electrons.